The highest BCUT2D eigenvalue weighted by molar-refractivity contribution is 14.1. The Balaban J connectivity index is 2.33. The number of nitro groups is 1. The number of halogens is 3. The number of carbonyl (C=O) groups excluding carboxylic acids is 1. The van der Waals surface area contributed by atoms with Gasteiger partial charge in [0.1, 0.15) is 0 Å². The van der Waals surface area contributed by atoms with Crippen LogP contribution in [0.5, 0.6) is 0 Å². The molecule has 0 aliphatic heterocycles. The van der Waals surface area contributed by atoms with E-state index < -0.39 is 10.8 Å². The summed E-state index contributed by atoms with van der Waals surface area (Å²) in [6, 6.07) is 9.18. The quantitative estimate of drug-likeness (QED) is 0.386. The van der Waals surface area contributed by atoms with Crippen molar-refractivity contribution in [3.63, 3.8) is 0 Å². The van der Waals surface area contributed by atoms with Crippen LogP contribution in [0.25, 0.3) is 0 Å². The lowest BCUT2D eigenvalue weighted by atomic mass is 10.2. The summed E-state index contributed by atoms with van der Waals surface area (Å²) >= 11 is 11.3. The molecule has 0 radical (unpaired) electrons. The maximum Gasteiger partial charge on any atom is 0.271 e. The zero-order valence-corrected chi connectivity index (χ0v) is 14.8. The maximum atomic E-state index is 12.2. The van der Waals surface area contributed by atoms with Gasteiger partial charge in [0.2, 0.25) is 0 Å². The van der Waals surface area contributed by atoms with Crippen molar-refractivity contribution in [2.24, 2.45) is 0 Å². The Morgan fingerprint density at radius 2 is 2.00 bits per heavy atom. The number of anilines is 1. The van der Waals surface area contributed by atoms with E-state index in [9.17, 15) is 14.9 Å². The maximum absolute atomic E-state index is 12.2. The van der Waals surface area contributed by atoms with Crippen molar-refractivity contribution in [2.75, 3.05) is 5.32 Å². The van der Waals surface area contributed by atoms with Gasteiger partial charge in [-0.15, -0.1) is 0 Å². The molecule has 108 valence electrons. The molecule has 0 unspecified atom stereocenters. The molecule has 21 heavy (non-hydrogen) atoms. The van der Waals surface area contributed by atoms with E-state index in [-0.39, 0.29) is 16.4 Å². The highest BCUT2D eigenvalue weighted by Gasteiger charge is 2.15. The molecule has 0 saturated heterocycles. The second kappa shape index (κ2) is 6.71. The van der Waals surface area contributed by atoms with Gasteiger partial charge in [0, 0.05) is 20.2 Å². The highest BCUT2D eigenvalue weighted by atomic mass is 127. The largest absolute Gasteiger partial charge is 0.320 e. The number of non-ortho nitro benzene ring substituents is 1. The number of hydrogen-bond acceptors (Lipinski definition) is 3. The number of nitro benzene ring substituents is 1. The van der Waals surface area contributed by atoms with Gasteiger partial charge in [-0.3, -0.25) is 14.9 Å². The SMILES string of the molecule is O=C(Nc1cc([N+](=O)[O-])ccc1Cl)c1cc(I)ccc1Br. The van der Waals surface area contributed by atoms with Gasteiger partial charge < -0.3 is 5.32 Å². The molecule has 0 heterocycles. The molecule has 2 aromatic carbocycles. The van der Waals surface area contributed by atoms with Crippen molar-refractivity contribution in [1.82, 2.24) is 0 Å². The molecule has 0 aromatic heterocycles. The molecule has 5 nitrogen and oxygen atoms in total. The summed E-state index contributed by atoms with van der Waals surface area (Å²) in [6.07, 6.45) is 0. The predicted octanol–water partition coefficient (Wildman–Crippen LogP) is 4.87. The number of nitrogens with one attached hydrogen (secondary N) is 1. The molecular weight excluding hydrogens is 474 g/mol. The van der Waals surface area contributed by atoms with E-state index in [0.29, 0.717) is 10.0 Å². The molecule has 0 spiro atoms. The molecule has 0 aliphatic rings. The summed E-state index contributed by atoms with van der Waals surface area (Å²) in [6.45, 7) is 0. The Morgan fingerprint density at radius 1 is 1.29 bits per heavy atom. The third kappa shape index (κ3) is 3.92. The summed E-state index contributed by atoms with van der Waals surface area (Å²) in [4.78, 5) is 22.5. The van der Waals surface area contributed by atoms with Crippen molar-refractivity contribution in [1.29, 1.82) is 0 Å². The van der Waals surface area contributed by atoms with Crippen LogP contribution >= 0.6 is 50.1 Å². The zero-order valence-electron chi connectivity index (χ0n) is 10.3. The Morgan fingerprint density at radius 3 is 2.67 bits per heavy atom. The second-order valence-corrected chi connectivity index (χ2v) is 6.51. The van der Waals surface area contributed by atoms with Crippen molar-refractivity contribution in [3.8, 4) is 0 Å². The fourth-order valence-electron chi connectivity index (χ4n) is 1.58. The standard InChI is InChI=1S/C13H7BrClIN2O3/c14-10-3-1-7(16)5-9(10)13(19)17-12-6-8(18(20)21)2-4-11(12)15/h1-6H,(H,17,19). The number of carbonyl (C=O) groups is 1. The Bertz CT molecular complexity index is 739. The third-order valence-electron chi connectivity index (χ3n) is 2.58. The first-order chi connectivity index (χ1) is 9.88. The molecule has 8 heteroatoms. The highest BCUT2D eigenvalue weighted by Crippen LogP contribution is 2.28. The fraction of sp³-hybridized carbons (Fsp3) is 0. The first-order valence-corrected chi connectivity index (χ1v) is 7.84. The van der Waals surface area contributed by atoms with E-state index in [1.54, 1.807) is 12.1 Å². The van der Waals surface area contributed by atoms with Crippen LogP contribution in [-0.2, 0) is 0 Å². The van der Waals surface area contributed by atoms with Gasteiger partial charge >= 0.3 is 0 Å². The average molecular weight is 481 g/mol. The van der Waals surface area contributed by atoms with Crippen LogP contribution in [0.1, 0.15) is 10.4 Å². The molecular formula is C13H7BrClIN2O3. The van der Waals surface area contributed by atoms with Crippen LogP contribution in [0.3, 0.4) is 0 Å². The van der Waals surface area contributed by atoms with E-state index in [1.807, 2.05) is 6.07 Å². The molecule has 1 N–H and O–H groups in total. The van der Waals surface area contributed by atoms with Gasteiger partial charge in [0.25, 0.3) is 11.6 Å². The lowest BCUT2D eigenvalue weighted by molar-refractivity contribution is -0.384. The first-order valence-electron chi connectivity index (χ1n) is 5.59. The van der Waals surface area contributed by atoms with Gasteiger partial charge in [0.05, 0.1) is 21.2 Å². The number of nitrogens with zero attached hydrogens (tertiary/aromatic N) is 1. The summed E-state index contributed by atoms with van der Waals surface area (Å²) in [7, 11) is 0. The zero-order chi connectivity index (χ0) is 15.6. The van der Waals surface area contributed by atoms with Crippen LogP contribution in [0, 0.1) is 13.7 Å². The molecule has 1 amide bonds. The minimum Gasteiger partial charge on any atom is -0.320 e. The summed E-state index contributed by atoms with van der Waals surface area (Å²) in [5.74, 6) is -0.400. The van der Waals surface area contributed by atoms with Crippen molar-refractivity contribution < 1.29 is 9.72 Å². The van der Waals surface area contributed by atoms with E-state index in [4.69, 9.17) is 11.6 Å². The minimum absolute atomic E-state index is 0.142. The molecule has 0 bridgehead atoms. The van der Waals surface area contributed by atoms with Crippen LogP contribution < -0.4 is 5.32 Å². The van der Waals surface area contributed by atoms with E-state index in [1.165, 1.54) is 18.2 Å². The molecule has 0 fully saturated rings. The monoisotopic (exact) mass is 480 g/mol. The van der Waals surface area contributed by atoms with Crippen LogP contribution in [0.2, 0.25) is 5.02 Å². The van der Waals surface area contributed by atoms with Crippen molar-refractivity contribution in [3.05, 3.63) is 65.1 Å². The van der Waals surface area contributed by atoms with Crippen LogP contribution in [0.15, 0.2) is 40.9 Å². The van der Waals surface area contributed by atoms with Gasteiger partial charge in [-0.25, -0.2) is 0 Å². The van der Waals surface area contributed by atoms with Crippen LogP contribution in [-0.4, -0.2) is 10.8 Å². The smallest absolute Gasteiger partial charge is 0.271 e. The number of amides is 1. The van der Waals surface area contributed by atoms with Gasteiger partial charge in [0.15, 0.2) is 0 Å². The first kappa shape index (κ1) is 16.2. The van der Waals surface area contributed by atoms with Crippen LogP contribution in [0.4, 0.5) is 11.4 Å². The fourth-order valence-corrected chi connectivity index (χ4v) is 2.67. The topological polar surface area (TPSA) is 72.2 Å². The summed E-state index contributed by atoms with van der Waals surface area (Å²) in [5, 5.41) is 13.6. The molecule has 0 saturated carbocycles. The van der Waals surface area contributed by atoms with Gasteiger partial charge in [-0.2, -0.15) is 0 Å². The molecule has 0 aliphatic carbocycles. The second-order valence-electron chi connectivity index (χ2n) is 4.00. The Hall–Kier alpha value is -1.19. The van der Waals surface area contributed by atoms with Crippen molar-refractivity contribution in [2.45, 2.75) is 0 Å². The molecule has 0 atom stereocenters. The van der Waals surface area contributed by atoms with Gasteiger partial charge in [-0.05, 0) is 62.8 Å². The van der Waals surface area contributed by atoms with E-state index in [0.717, 1.165) is 3.57 Å². The minimum atomic E-state index is -0.548. The Kier molecular flexibility index (Phi) is 5.17. The number of benzene rings is 2. The summed E-state index contributed by atoms with van der Waals surface area (Å²) < 4.78 is 1.52. The van der Waals surface area contributed by atoms with E-state index >= 15 is 0 Å². The van der Waals surface area contributed by atoms with Crippen molar-refractivity contribution >= 4 is 67.4 Å². The normalized spacial score (nSPS) is 10.2. The average Bonchev–Trinajstić information content (AvgIpc) is 2.43. The molecule has 2 aromatic rings. The lowest BCUT2D eigenvalue weighted by Crippen LogP contribution is -2.13. The Labute approximate surface area is 147 Å². The third-order valence-corrected chi connectivity index (χ3v) is 4.27. The number of rotatable bonds is 3. The molecule has 2 rings (SSSR count). The van der Waals surface area contributed by atoms with Gasteiger partial charge in [-0.1, -0.05) is 11.6 Å². The number of hydrogen-bond donors (Lipinski definition) is 1. The lowest BCUT2D eigenvalue weighted by Gasteiger charge is -2.09. The predicted molar refractivity (Wildman–Crippen MR) is 92.9 cm³/mol. The van der Waals surface area contributed by atoms with E-state index in [2.05, 4.69) is 43.8 Å². The summed E-state index contributed by atoms with van der Waals surface area (Å²) in [5.41, 5.74) is 0.475.